The molecule has 10 heteroatoms. The maximum absolute atomic E-state index is 13.1. The maximum Gasteiger partial charge on any atom is 0.252 e. The fourth-order valence-electron chi connectivity index (χ4n) is 4.99. The van der Waals surface area contributed by atoms with Crippen LogP contribution in [0.4, 0.5) is 0 Å². The standard InChI is InChI=1S/C27H33N7O3/c1-3-25(26-30-31-32-34(26)18-23-8-6-12-37-23)33(16-19-7-5-11-28-15-19)17-21-13-20-14-22(36-4-2)9-10-24(20)29-27(21)35/h5,7,9-11,13-15,23,25H,3-4,6,8,12,16-18H2,1-2H3,(H,29,35)/t23-,25-/m1/s1. The lowest BCUT2D eigenvalue weighted by atomic mass is 10.1. The van der Waals surface area contributed by atoms with Crippen LogP contribution < -0.4 is 10.3 Å². The molecule has 194 valence electrons. The van der Waals surface area contributed by atoms with Gasteiger partial charge in [0.05, 0.1) is 25.3 Å². The molecule has 1 N–H and O–H groups in total. The van der Waals surface area contributed by atoms with Gasteiger partial charge in [-0.2, -0.15) is 0 Å². The van der Waals surface area contributed by atoms with Gasteiger partial charge in [0.1, 0.15) is 5.75 Å². The summed E-state index contributed by atoms with van der Waals surface area (Å²) in [6.45, 7) is 7.07. The minimum atomic E-state index is -0.110. The number of fused-ring (bicyclic) bond motifs is 1. The third-order valence-corrected chi connectivity index (χ3v) is 6.77. The van der Waals surface area contributed by atoms with Gasteiger partial charge in [0, 0.05) is 48.6 Å². The molecule has 1 fully saturated rings. The Kier molecular flexibility index (Phi) is 7.86. The molecule has 2 atom stereocenters. The number of aromatic nitrogens is 6. The van der Waals surface area contributed by atoms with E-state index in [2.05, 4.69) is 37.3 Å². The van der Waals surface area contributed by atoms with Crippen LogP contribution >= 0.6 is 0 Å². The molecule has 0 radical (unpaired) electrons. The van der Waals surface area contributed by atoms with E-state index in [1.807, 2.05) is 54.2 Å². The van der Waals surface area contributed by atoms with Crippen molar-refractivity contribution in [2.75, 3.05) is 13.2 Å². The molecular weight excluding hydrogens is 470 g/mol. The smallest absolute Gasteiger partial charge is 0.252 e. The van der Waals surface area contributed by atoms with Crippen LogP contribution in [-0.4, -0.2) is 54.4 Å². The number of hydrogen-bond acceptors (Lipinski definition) is 8. The van der Waals surface area contributed by atoms with Crippen LogP contribution in [0.5, 0.6) is 5.75 Å². The average Bonchev–Trinajstić information content (AvgIpc) is 3.59. The first-order valence-corrected chi connectivity index (χ1v) is 12.9. The highest BCUT2D eigenvalue weighted by molar-refractivity contribution is 5.80. The lowest BCUT2D eigenvalue weighted by Gasteiger charge is -2.30. The fourth-order valence-corrected chi connectivity index (χ4v) is 4.99. The SMILES string of the molecule is CCOc1ccc2[nH]c(=O)c(CN(Cc3cccnc3)[C@H](CC)c3nnnn3C[C@H]3CCCO3)cc2c1. The molecule has 0 unspecified atom stereocenters. The molecule has 4 heterocycles. The minimum Gasteiger partial charge on any atom is -0.494 e. The van der Waals surface area contributed by atoms with Crippen LogP contribution in [0.1, 0.15) is 56.1 Å². The second kappa shape index (κ2) is 11.6. The molecule has 37 heavy (non-hydrogen) atoms. The summed E-state index contributed by atoms with van der Waals surface area (Å²) in [4.78, 5) is 22.7. The first-order chi connectivity index (χ1) is 18.1. The number of aromatic amines is 1. The van der Waals surface area contributed by atoms with Gasteiger partial charge in [0.15, 0.2) is 5.82 Å². The fraction of sp³-hybridized carbons (Fsp3) is 0.444. The Morgan fingerprint density at radius 1 is 1.24 bits per heavy atom. The predicted octanol–water partition coefficient (Wildman–Crippen LogP) is 3.64. The van der Waals surface area contributed by atoms with Gasteiger partial charge in [-0.3, -0.25) is 14.7 Å². The van der Waals surface area contributed by atoms with Gasteiger partial charge in [-0.05, 0) is 72.5 Å². The highest BCUT2D eigenvalue weighted by Gasteiger charge is 2.28. The first-order valence-electron chi connectivity index (χ1n) is 12.9. The van der Waals surface area contributed by atoms with Gasteiger partial charge in [0.2, 0.25) is 0 Å². The van der Waals surface area contributed by atoms with Crippen LogP contribution in [0.2, 0.25) is 0 Å². The number of rotatable bonds is 11. The second-order valence-corrected chi connectivity index (χ2v) is 9.35. The monoisotopic (exact) mass is 503 g/mol. The van der Waals surface area contributed by atoms with E-state index in [4.69, 9.17) is 9.47 Å². The predicted molar refractivity (Wildman–Crippen MR) is 139 cm³/mol. The van der Waals surface area contributed by atoms with Crippen molar-refractivity contribution >= 4 is 10.9 Å². The van der Waals surface area contributed by atoms with Crippen LogP contribution in [0.15, 0.2) is 53.6 Å². The number of nitrogens with zero attached hydrogens (tertiary/aromatic N) is 6. The zero-order valence-corrected chi connectivity index (χ0v) is 21.3. The molecule has 10 nitrogen and oxygen atoms in total. The summed E-state index contributed by atoms with van der Waals surface area (Å²) in [7, 11) is 0. The summed E-state index contributed by atoms with van der Waals surface area (Å²) in [5.74, 6) is 1.55. The molecule has 0 spiro atoms. The normalized spacial score (nSPS) is 16.5. The van der Waals surface area contributed by atoms with E-state index in [0.29, 0.717) is 31.8 Å². The zero-order valence-electron chi connectivity index (χ0n) is 21.3. The Bertz CT molecular complexity index is 1370. The summed E-state index contributed by atoms with van der Waals surface area (Å²) in [6, 6.07) is 11.5. The Morgan fingerprint density at radius 2 is 2.16 bits per heavy atom. The van der Waals surface area contributed by atoms with Crippen molar-refractivity contribution in [1.82, 2.24) is 35.1 Å². The maximum atomic E-state index is 13.1. The lowest BCUT2D eigenvalue weighted by molar-refractivity contribution is 0.0888. The number of pyridine rings is 2. The van der Waals surface area contributed by atoms with Crippen LogP contribution in [0.25, 0.3) is 10.9 Å². The van der Waals surface area contributed by atoms with Crippen LogP contribution in [0, 0.1) is 0 Å². The van der Waals surface area contributed by atoms with E-state index in [9.17, 15) is 4.79 Å². The molecule has 1 aliphatic rings. The first kappa shape index (κ1) is 25.0. The third-order valence-electron chi connectivity index (χ3n) is 6.77. The molecule has 5 rings (SSSR count). The third kappa shape index (κ3) is 5.86. The summed E-state index contributed by atoms with van der Waals surface area (Å²) in [5.41, 5.74) is 2.39. The van der Waals surface area contributed by atoms with Gasteiger partial charge in [0.25, 0.3) is 5.56 Å². The van der Waals surface area contributed by atoms with Gasteiger partial charge >= 0.3 is 0 Å². The summed E-state index contributed by atoms with van der Waals surface area (Å²) in [5, 5.41) is 13.6. The lowest BCUT2D eigenvalue weighted by Crippen LogP contribution is -2.33. The molecular formula is C27H33N7O3. The van der Waals surface area contributed by atoms with Crippen molar-refractivity contribution in [3.63, 3.8) is 0 Å². The van der Waals surface area contributed by atoms with E-state index >= 15 is 0 Å². The number of tetrazole rings is 1. The number of ether oxygens (including phenoxy) is 2. The topological polar surface area (TPSA) is 111 Å². The van der Waals surface area contributed by atoms with Crippen molar-refractivity contribution in [3.8, 4) is 5.75 Å². The van der Waals surface area contributed by atoms with Gasteiger partial charge in [-0.1, -0.05) is 13.0 Å². The van der Waals surface area contributed by atoms with E-state index in [0.717, 1.165) is 53.9 Å². The summed E-state index contributed by atoms with van der Waals surface area (Å²) in [6.07, 6.45) is 6.57. The second-order valence-electron chi connectivity index (χ2n) is 9.35. The number of benzene rings is 1. The molecule has 1 saturated heterocycles. The highest BCUT2D eigenvalue weighted by Crippen LogP contribution is 2.28. The quantitative estimate of drug-likeness (QED) is 0.330. The van der Waals surface area contributed by atoms with E-state index in [1.54, 1.807) is 6.20 Å². The molecule has 1 aromatic carbocycles. The van der Waals surface area contributed by atoms with Crippen LogP contribution in [0.3, 0.4) is 0 Å². The van der Waals surface area contributed by atoms with Crippen LogP contribution in [-0.2, 0) is 24.4 Å². The summed E-state index contributed by atoms with van der Waals surface area (Å²) < 4.78 is 13.4. The minimum absolute atomic E-state index is 0.110. The van der Waals surface area contributed by atoms with Crippen molar-refractivity contribution < 1.29 is 9.47 Å². The van der Waals surface area contributed by atoms with Gasteiger partial charge in [-0.25, -0.2) is 4.68 Å². The average molecular weight is 504 g/mol. The van der Waals surface area contributed by atoms with Gasteiger partial charge < -0.3 is 14.5 Å². The number of hydrogen-bond donors (Lipinski definition) is 1. The van der Waals surface area contributed by atoms with Crippen molar-refractivity contribution in [2.45, 2.75) is 64.9 Å². The molecule has 0 saturated carbocycles. The Morgan fingerprint density at radius 3 is 2.92 bits per heavy atom. The van der Waals surface area contributed by atoms with Crippen molar-refractivity contribution in [2.24, 2.45) is 0 Å². The summed E-state index contributed by atoms with van der Waals surface area (Å²) >= 11 is 0. The number of nitrogens with one attached hydrogen (secondary N) is 1. The highest BCUT2D eigenvalue weighted by atomic mass is 16.5. The van der Waals surface area contributed by atoms with Crippen molar-refractivity contribution in [1.29, 1.82) is 0 Å². The zero-order chi connectivity index (χ0) is 25.6. The van der Waals surface area contributed by atoms with Gasteiger partial charge in [-0.15, -0.1) is 5.10 Å². The Hall–Kier alpha value is -3.63. The molecule has 3 aromatic heterocycles. The number of H-pyrrole nitrogens is 1. The molecule has 4 aromatic rings. The Labute approximate surface area is 215 Å². The molecule has 1 aliphatic heterocycles. The van der Waals surface area contributed by atoms with Crippen molar-refractivity contribution in [3.05, 3.63) is 76.1 Å². The molecule has 0 amide bonds. The largest absolute Gasteiger partial charge is 0.494 e. The van der Waals surface area contributed by atoms with E-state index in [1.165, 1.54) is 0 Å². The molecule has 0 aliphatic carbocycles. The van der Waals surface area contributed by atoms with E-state index < -0.39 is 0 Å². The van der Waals surface area contributed by atoms with E-state index in [-0.39, 0.29) is 17.7 Å². The molecule has 0 bridgehead atoms. The Balaban J connectivity index is 1.49.